The molecule has 0 radical (unpaired) electrons. The highest BCUT2D eigenvalue weighted by molar-refractivity contribution is 9.10. The zero-order valence-electron chi connectivity index (χ0n) is 14.2. The van der Waals surface area contributed by atoms with Gasteiger partial charge in [0.15, 0.2) is 5.71 Å². The van der Waals surface area contributed by atoms with E-state index in [4.69, 9.17) is 5.10 Å². The van der Waals surface area contributed by atoms with Crippen molar-refractivity contribution in [1.82, 2.24) is 4.68 Å². The maximum Gasteiger partial charge on any atom is 0.279 e. The number of carbonyl (C=O) groups excluding carboxylic acids is 1. The van der Waals surface area contributed by atoms with Gasteiger partial charge in [-0.15, -0.1) is 11.3 Å². The largest absolute Gasteiger partial charge is 0.309 e. The van der Waals surface area contributed by atoms with E-state index in [1.165, 1.54) is 11.3 Å². The number of rotatable bonds is 2. The van der Waals surface area contributed by atoms with Crippen molar-refractivity contribution in [3.8, 4) is 11.3 Å². The molecule has 0 N–H and O–H groups in total. The number of amides is 1. The van der Waals surface area contributed by atoms with Gasteiger partial charge in [0, 0.05) is 35.1 Å². The molecule has 0 atom stereocenters. The predicted molar refractivity (Wildman–Crippen MR) is 109 cm³/mol. The summed E-state index contributed by atoms with van der Waals surface area (Å²) in [7, 11) is 3.49. The molecule has 3 aromatic rings. The second-order valence-electron chi connectivity index (χ2n) is 5.75. The number of thiazole rings is 1. The van der Waals surface area contributed by atoms with Crippen LogP contribution >= 0.6 is 27.3 Å². The lowest BCUT2D eigenvalue weighted by Gasteiger charge is -2.08. The lowest BCUT2D eigenvalue weighted by atomic mass is 10.1. The number of halogens is 1. The Morgan fingerprint density at radius 1 is 1.04 bits per heavy atom. The molecule has 0 spiro atoms. The van der Waals surface area contributed by atoms with E-state index in [1.807, 2.05) is 53.9 Å². The van der Waals surface area contributed by atoms with Gasteiger partial charge in [-0.25, -0.2) is 4.68 Å². The smallest absolute Gasteiger partial charge is 0.279 e. The minimum absolute atomic E-state index is 0.120. The third kappa shape index (κ3) is 2.64. The Kier molecular flexibility index (Phi) is 4.34. The highest BCUT2D eigenvalue weighted by atomic mass is 79.9. The Morgan fingerprint density at radius 3 is 2.46 bits per heavy atom. The summed E-state index contributed by atoms with van der Waals surface area (Å²) in [6, 6.07) is 15.6. The van der Waals surface area contributed by atoms with Crippen molar-refractivity contribution in [3.63, 3.8) is 0 Å². The highest BCUT2D eigenvalue weighted by Gasteiger charge is 2.31. The molecule has 2 aromatic carbocycles. The van der Waals surface area contributed by atoms with Crippen LogP contribution in [0.2, 0.25) is 0 Å². The van der Waals surface area contributed by atoms with E-state index in [0.717, 1.165) is 31.8 Å². The molecule has 4 rings (SSSR count). The minimum Gasteiger partial charge on any atom is -0.309 e. The molecule has 1 aliphatic heterocycles. The topological polar surface area (TPSA) is 50.0 Å². The molecule has 1 amide bonds. The SMILES string of the molecule is CN=c1scc(-c2ccccc2Br)n1N=C1C(=O)N(C)c2ccccc21. The molecule has 0 unspecified atom stereocenters. The van der Waals surface area contributed by atoms with Crippen molar-refractivity contribution in [2.24, 2.45) is 10.1 Å². The van der Waals surface area contributed by atoms with Crippen LogP contribution in [0.5, 0.6) is 0 Å². The number of fused-ring (bicyclic) bond motifs is 1. The summed E-state index contributed by atoms with van der Waals surface area (Å²) in [5, 5.41) is 6.72. The molecule has 130 valence electrons. The molecule has 0 fully saturated rings. The highest BCUT2D eigenvalue weighted by Crippen LogP contribution is 2.30. The summed E-state index contributed by atoms with van der Waals surface area (Å²) in [6.45, 7) is 0. The number of anilines is 1. The standard InChI is InChI=1S/C19H15BrN4OS/c1-21-19-24(16(11-26-19)12-7-3-5-9-14(12)20)22-17-13-8-4-6-10-15(13)23(2)18(17)25/h3-11H,1-2H3. The molecule has 5 nitrogen and oxygen atoms in total. The van der Waals surface area contributed by atoms with E-state index in [9.17, 15) is 4.79 Å². The van der Waals surface area contributed by atoms with Crippen molar-refractivity contribution in [3.05, 3.63) is 68.7 Å². The number of hydrogen-bond donors (Lipinski definition) is 0. The summed E-state index contributed by atoms with van der Waals surface area (Å²) in [6.07, 6.45) is 0. The quantitative estimate of drug-likeness (QED) is 0.615. The van der Waals surface area contributed by atoms with Gasteiger partial charge in [-0.05, 0) is 12.1 Å². The van der Waals surface area contributed by atoms with Gasteiger partial charge in [0.2, 0.25) is 4.80 Å². The van der Waals surface area contributed by atoms with Crippen LogP contribution in [-0.4, -0.2) is 30.4 Å². The van der Waals surface area contributed by atoms with Crippen molar-refractivity contribution in [2.75, 3.05) is 19.0 Å². The summed E-state index contributed by atoms with van der Waals surface area (Å²) in [4.78, 5) is 19.4. The second-order valence-corrected chi connectivity index (χ2v) is 7.44. The Bertz CT molecular complexity index is 1110. The van der Waals surface area contributed by atoms with Gasteiger partial charge in [-0.3, -0.25) is 9.79 Å². The number of nitrogens with zero attached hydrogens (tertiary/aromatic N) is 4. The fourth-order valence-corrected chi connectivity index (χ4v) is 4.22. The van der Waals surface area contributed by atoms with Crippen LogP contribution in [0.15, 0.2) is 68.5 Å². The van der Waals surface area contributed by atoms with Gasteiger partial charge < -0.3 is 4.90 Å². The molecule has 0 saturated heterocycles. The number of likely N-dealkylation sites (N-methyl/N-ethyl adjacent to an activating group) is 1. The van der Waals surface area contributed by atoms with Crippen LogP contribution in [0.4, 0.5) is 5.69 Å². The second kappa shape index (κ2) is 6.66. The summed E-state index contributed by atoms with van der Waals surface area (Å²) < 4.78 is 2.71. The van der Waals surface area contributed by atoms with Crippen LogP contribution in [0.25, 0.3) is 11.3 Å². The van der Waals surface area contributed by atoms with E-state index < -0.39 is 0 Å². The monoisotopic (exact) mass is 426 g/mol. The van der Waals surface area contributed by atoms with Gasteiger partial charge >= 0.3 is 0 Å². The third-order valence-electron chi connectivity index (χ3n) is 4.25. The summed E-state index contributed by atoms with van der Waals surface area (Å²) >= 11 is 5.09. The first kappa shape index (κ1) is 16.9. The van der Waals surface area contributed by atoms with Gasteiger partial charge in [-0.2, -0.15) is 5.10 Å². The van der Waals surface area contributed by atoms with Crippen molar-refractivity contribution < 1.29 is 4.79 Å². The number of aromatic nitrogens is 1. The fourth-order valence-electron chi connectivity index (χ4n) is 2.95. The van der Waals surface area contributed by atoms with Gasteiger partial charge in [0.1, 0.15) is 0 Å². The summed E-state index contributed by atoms with van der Waals surface area (Å²) in [5.41, 5.74) is 4.00. The Balaban J connectivity index is 1.96. The predicted octanol–water partition coefficient (Wildman–Crippen LogP) is 3.74. The van der Waals surface area contributed by atoms with Crippen LogP contribution in [0.3, 0.4) is 0 Å². The first-order valence-electron chi connectivity index (χ1n) is 7.96. The normalized spacial score (nSPS) is 15.8. The van der Waals surface area contributed by atoms with Crippen molar-refractivity contribution in [2.45, 2.75) is 0 Å². The van der Waals surface area contributed by atoms with Gasteiger partial charge in [0.25, 0.3) is 5.91 Å². The van der Waals surface area contributed by atoms with E-state index in [1.54, 1.807) is 23.7 Å². The van der Waals surface area contributed by atoms with Crippen LogP contribution in [0.1, 0.15) is 5.56 Å². The maximum atomic E-state index is 12.7. The van der Waals surface area contributed by atoms with Crippen molar-refractivity contribution in [1.29, 1.82) is 0 Å². The molecule has 0 saturated carbocycles. The average Bonchev–Trinajstić information content (AvgIpc) is 3.17. The van der Waals surface area contributed by atoms with Crippen molar-refractivity contribution >= 4 is 44.6 Å². The molecule has 0 bridgehead atoms. The Morgan fingerprint density at radius 2 is 1.73 bits per heavy atom. The van der Waals surface area contributed by atoms with Gasteiger partial charge in [-0.1, -0.05) is 52.3 Å². The van der Waals surface area contributed by atoms with Crippen LogP contribution in [0, 0.1) is 0 Å². The maximum absolute atomic E-state index is 12.7. The van der Waals surface area contributed by atoms with Crippen LogP contribution < -0.4 is 9.70 Å². The number of hydrogen-bond acceptors (Lipinski definition) is 4. The Labute approximate surface area is 163 Å². The van der Waals surface area contributed by atoms with E-state index in [-0.39, 0.29) is 5.91 Å². The molecule has 7 heteroatoms. The average molecular weight is 427 g/mol. The summed E-state index contributed by atoms with van der Waals surface area (Å²) in [5.74, 6) is -0.120. The minimum atomic E-state index is -0.120. The lowest BCUT2D eigenvalue weighted by molar-refractivity contribution is -0.112. The van der Waals surface area contributed by atoms with E-state index in [0.29, 0.717) is 5.71 Å². The zero-order valence-corrected chi connectivity index (χ0v) is 16.6. The molecule has 1 aliphatic rings. The number of benzene rings is 2. The first-order chi connectivity index (χ1) is 12.6. The van der Waals surface area contributed by atoms with E-state index >= 15 is 0 Å². The van der Waals surface area contributed by atoms with E-state index in [2.05, 4.69) is 20.9 Å². The number of carbonyl (C=O) groups is 1. The molecule has 0 aliphatic carbocycles. The molecule has 26 heavy (non-hydrogen) atoms. The molecular formula is C19H15BrN4OS. The molecule has 2 heterocycles. The fraction of sp³-hybridized carbons (Fsp3) is 0.105. The lowest BCUT2D eigenvalue weighted by Crippen LogP contribution is -2.27. The first-order valence-corrected chi connectivity index (χ1v) is 9.64. The Hall–Kier alpha value is -2.51. The molecular weight excluding hydrogens is 412 g/mol. The zero-order chi connectivity index (χ0) is 18.3. The van der Waals surface area contributed by atoms with Gasteiger partial charge in [0.05, 0.1) is 11.4 Å². The van der Waals surface area contributed by atoms with Crippen LogP contribution in [-0.2, 0) is 4.79 Å². The molecule has 1 aromatic heterocycles. The number of para-hydroxylation sites is 1. The third-order valence-corrected chi connectivity index (χ3v) is 5.85.